The number of fused-ring (bicyclic) bond motifs is 2. The summed E-state index contributed by atoms with van der Waals surface area (Å²) in [5.41, 5.74) is 6.64. The lowest BCUT2D eigenvalue weighted by Crippen LogP contribution is -2.48. The molecule has 0 aromatic heterocycles. The van der Waals surface area contributed by atoms with Crippen LogP contribution in [-0.4, -0.2) is 42.6 Å². The van der Waals surface area contributed by atoms with Gasteiger partial charge < -0.3 is 20.7 Å². The lowest BCUT2D eigenvalue weighted by molar-refractivity contribution is 0.0879. The van der Waals surface area contributed by atoms with Crippen LogP contribution in [0, 0.1) is 11.8 Å². The average molecular weight is 362 g/mol. The SMILES string of the molecule is CC#CCOc1cc(N)c(Cl)cc1C(=O)NC1CC2CCC(C1)N2C. The van der Waals surface area contributed by atoms with Gasteiger partial charge in [-0.25, -0.2) is 0 Å². The minimum absolute atomic E-state index is 0.171. The van der Waals surface area contributed by atoms with E-state index in [0.29, 0.717) is 34.1 Å². The molecule has 2 unspecified atom stereocenters. The highest BCUT2D eigenvalue weighted by atomic mass is 35.5. The number of piperidine rings is 1. The van der Waals surface area contributed by atoms with E-state index in [9.17, 15) is 4.79 Å². The summed E-state index contributed by atoms with van der Waals surface area (Å²) < 4.78 is 5.61. The maximum Gasteiger partial charge on any atom is 0.255 e. The number of benzene rings is 1. The third-order valence-corrected chi connectivity index (χ3v) is 5.58. The number of nitrogen functional groups attached to an aromatic ring is 1. The summed E-state index contributed by atoms with van der Waals surface area (Å²) in [6.07, 6.45) is 4.40. The molecule has 1 aromatic carbocycles. The second kappa shape index (κ2) is 7.55. The Kier molecular flexibility index (Phi) is 5.41. The molecule has 3 rings (SSSR count). The van der Waals surface area contributed by atoms with Gasteiger partial charge in [-0.15, -0.1) is 5.92 Å². The minimum atomic E-state index is -0.171. The molecule has 2 aliphatic rings. The first-order valence-corrected chi connectivity index (χ1v) is 9.01. The Bertz CT molecular complexity index is 711. The number of halogens is 1. The van der Waals surface area contributed by atoms with Crippen molar-refractivity contribution in [1.29, 1.82) is 0 Å². The summed E-state index contributed by atoms with van der Waals surface area (Å²) in [6, 6.07) is 4.47. The molecule has 2 fully saturated rings. The zero-order valence-electron chi connectivity index (χ0n) is 14.6. The molecule has 5 nitrogen and oxygen atoms in total. The third kappa shape index (κ3) is 3.86. The van der Waals surface area contributed by atoms with Crippen molar-refractivity contribution in [2.75, 3.05) is 19.4 Å². The van der Waals surface area contributed by atoms with Crippen LogP contribution in [-0.2, 0) is 0 Å². The molecule has 2 heterocycles. The van der Waals surface area contributed by atoms with E-state index >= 15 is 0 Å². The van der Waals surface area contributed by atoms with Crippen molar-refractivity contribution in [2.24, 2.45) is 0 Å². The van der Waals surface area contributed by atoms with Crippen LogP contribution in [0.3, 0.4) is 0 Å². The Morgan fingerprint density at radius 1 is 1.40 bits per heavy atom. The summed E-state index contributed by atoms with van der Waals surface area (Å²) in [5.74, 6) is 5.83. The molecule has 2 saturated heterocycles. The van der Waals surface area contributed by atoms with Crippen molar-refractivity contribution in [3.05, 3.63) is 22.7 Å². The van der Waals surface area contributed by atoms with Gasteiger partial charge in [-0.2, -0.15) is 0 Å². The summed E-state index contributed by atoms with van der Waals surface area (Å²) >= 11 is 6.11. The number of carbonyl (C=O) groups excluding carboxylic acids is 1. The van der Waals surface area contributed by atoms with Gasteiger partial charge in [0.15, 0.2) is 0 Å². The smallest absolute Gasteiger partial charge is 0.255 e. The van der Waals surface area contributed by atoms with Crippen LogP contribution in [0.2, 0.25) is 5.02 Å². The molecule has 3 N–H and O–H groups in total. The van der Waals surface area contributed by atoms with Gasteiger partial charge in [0.2, 0.25) is 0 Å². The van der Waals surface area contributed by atoms with E-state index in [-0.39, 0.29) is 18.6 Å². The molecule has 2 aliphatic heterocycles. The Morgan fingerprint density at radius 2 is 2.08 bits per heavy atom. The lowest BCUT2D eigenvalue weighted by Gasteiger charge is -2.36. The van der Waals surface area contributed by atoms with E-state index in [1.807, 2.05) is 0 Å². The molecule has 0 radical (unpaired) electrons. The van der Waals surface area contributed by atoms with Crippen molar-refractivity contribution in [1.82, 2.24) is 10.2 Å². The van der Waals surface area contributed by atoms with E-state index in [1.165, 1.54) is 12.8 Å². The van der Waals surface area contributed by atoms with E-state index in [1.54, 1.807) is 19.1 Å². The zero-order valence-corrected chi connectivity index (χ0v) is 15.4. The van der Waals surface area contributed by atoms with Crippen molar-refractivity contribution in [2.45, 2.75) is 50.7 Å². The zero-order chi connectivity index (χ0) is 18.0. The highest BCUT2D eigenvalue weighted by Gasteiger charge is 2.39. The Hall–Kier alpha value is -1.90. The van der Waals surface area contributed by atoms with Crippen LogP contribution in [0.5, 0.6) is 5.75 Å². The summed E-state index contributed by atoms with van der Waals surface area (Å²) in [6.45, 7) is 1.94. The first kappa shape index (κ1) is 17.9. The van der Waals surface area contributed by atoms with Gasteiger partial charge in [0.05, 0.1) is 16.3 Å². The van der Waals surface area contributed by atoms with Crippen LogP contribution in [0.1, 0.15) is 43.0 Å². The normalized spacial score (nSPS) is 25.2. The van der Waals surface area contributed by atoms with Gasteiger partial charge in [-0.3, -0.25) is 4.79 Å². The molecule has 2 bridgehead atoms. The molecular formula is C19H24ClN3O2. The highest BCUT2D eigenvalue weighted by Crippen LogP contribution is 2.35. The first-order valence-electron chi connectivity index (χ1n) is 8.63. The number of rotatable bonds is 4. The molecule has 0 saturated carbocycles. The van der Waals surface area contributed by atoms with Crippen molar-refractivity contribution < 1.29 is 9.53 Å². The number of ether oxygens (including phenoxy) is 1. The summed E-state index contributed by atoms with van der Waals surface area (Å²) in [7, 11) is 2.18. The molecule has 2 atom stereocenters. The van der Waals surface area contributed by atoms with E-state index in [4.69, 9.17) is 22.1 Å². The van der Waals surface area contributed by atoms with Crippen LogP contribution < -0.4 is 15.8 Å². The van der Waals surface area contributed by atoms with Gasteiger partial charge >= 0.3 is 0 Å². The van der Waals surface area contributed by atoms with Crippen LogP contribution >= 0.6 is 11.6 Å². The quantitative estimate of drug-likeness (QED) is 0.639. The molecular weight excluding hydrogens is 338 g/mol. The molecule has 0 spiro atoms. The Balaban J connectivity index is 1.74. The number of hydrogen-bond acceptors (Lipinski definition) is 4. The molecule has 1 aromatic rings. The second-order valence-corrected chi connectivity index (χ2v) is 7.18. The monoisotopic (exact) mass is 361 g/mol. The number of nitrogens with one attached hydrogen (secondary N) is 1. The van der Waals surface area contributed by atoms with E-state index < -0.39 is 0 Å². The maximum atomic E-state index is 12.8. The number of amides is 1. The number of carbonyl (C=O) groups is 1. The largest absolute Gasteiger partial charge is 0.480 e. The predicted octanol–water partition coefficient (Wildman–Crippen LogP) is 2.68. The van der Waals surface area contributed by atoms with Gasteiger partial charge in [0.1, 0.15) is 12.4 Å². The average Bonchev–Trinajstić information content (AvgIpc) is 2.80. The summed E-state index contributed by atoms with van der Waals surface area (Å²) in [4.78, 5) is 15.3. The number of anilines is 1. The molecule has 134 valence electrons. The van der Waals surface area contributed by atoms with Gasteiger partial charge in [0.25, 0.3) is 5.91 Å². The first-order chi connectivity index (χ1) is 12.0. The van der Waals surface area contributed by atoms with Crippen LogP contribution in [0.15, 0.2) is 12.1 Å². The fourth-order valence-electron chi connectivity index (χ4n) is 3.84. The highest BCUT2D eigenvalue weighted by molar-refractivity contribution is 6.33. The predicted molar refractivity (Wildman–Crippen MR) is 99.9 cm³/mol. The van der Waals surface area contributed by atoms with Gasteiger partial charge in [-0.1, -0.05) is 17.5 Å². The topological polar surface area (TPSA) is 67.6 Å². The standard InChI is InChI=1S/C19H24ClN3O2/c1-3-4-7-25-18-11-17(21)16(20)10-15(18)19(24)22-12-8-13-5-6-14(9-12)23(13)2/h10-14H,5-9,21H2,1-2H3,(H,22,24). The maximum absolute atomic E-state index is 12.8. The van der Waals surface area contributed by atoms with E-state index in [2.05, 4.69) is 29.1 Å². The number of nitrogens with two attached hydrogens (primary N) is 1. The molecule has 6 heteroatoms. The Morgan fingerprint density at radius 3 is 2.72 bits per heavy atom. The van der Waals surface area contributed by atoms with Gasteiger partial charge in [-0.05, 0) is 45.7 Å². The molecule has 25 heavy (non-hydrogen) atoms. The minimum Gasteiger partial charge on any atom is -0.480 e. The van der Waals surface area contributed by atoms with Gasteiger partial charge in [0, 0.05) is 24.2 Å². The third-order valence-electron chi connectivity index (χ3n) is 5.25. The Labute approximate surface area is 153 Å². The van der Waals surface area contributed by atoms with Crippen LogP contribution in [0.25, 0.3) is 0 Å². The lowest BCUT2D eigenvalue weighted by atomic mass is 9.97. The van der Waals surface area contributed by atoms with Crippen molar-refractivity contribution in [3.63, 3.8) is 0 Å². The van der Waals surface area contributed by atoms with Crippen LogP contribution in [0.4, 0.5) is 5.69 Å². The number of hydrogen-bond donors (Lipinski definition) is 2. The van der Waals surface area contributed by atoms with E-state index in [0.717, 1.165) is 12.8 Å². The molecule has 0 aliphatic carbocycles. The fourth-order valence-corrected chi connectivity index (χ4v) is 4.01. The van der Waals surface area contributed by atoms with Crippen molar-refractivity contribution in [3.8, 4) is 17.6 Å². The fraction of sp³-hybridized carbons (Fsp3) is 0.526. The summed E-state index contributed by atoms with van der Waals surface area (Å²) in [5, 5.41) is 3.50. The molecule has 1 amide bonds. The number of nitrogens with zero attached hydrogens (tertiary/aromatic N) is 1. The van der Waals surface area contributed by atoms with Crippen molar-refractivity contribution >= 4 is 23.2 Å². The second-order valence-electron chi connectivity index (χ2n) is 6.78.